The predicted octanol–water partition coefficient (Wildman–Crippen LogP) is 1.13. The van der Waals surface area contributed by atoms with Crippen molar-refractivity contribution in [2.45, 2.75) is 12.8 Å². The average molecular weight is 216 g/mol. The van der Waals surface area contributed by atoms with Gasteiger partial charge < -0.3 is 5.73 Å². The van der Waals surface area contributed by atoms with Gasteiger partial charge in [0, 0.05) is 6.20 Å². The van der Waals surface area contributed by atoms with Crippen molar-refractivity contribution in [2.24, 2.45) is 5.73 Å². The van der Waals surface area contributed by atoms with Gasteiger partial charge in [-0.2, -0.15) is 0 Å². The van der Waals surface area contributed by atoms with Crippen LogP contribution in [0.2, 0.25) is 0 Å². The van der Waals surface area contributed by atoms with Gasteiger partial charge in [0.25, 0.3) is 0 Å². The van der Waals surface area contributed by atoms with E-state index in [0.717, 1.165) is 23.0 Å². The summed E-state index contributed by atoms with van der Waals surface area (Å²) in [5.74, 6) is 0. The quantitative estimate of drug-likeness (QED) is 0.823. The highest BCUT2D eigenvalue weighted by atomic mass is 79.9. The number of halogens is 1. The number of aromatic nitrogens is 2. The fourth-order valence-corrected chi connectivity index (χ4v) is 1.21. The fourth-order valence-electron chi connectivity index (χ4n) is 0.791. The highest BCUT2D eigenvalue weighted by Gasteiger charge is 1.98. The molecule has 1 rings (SSSR count). The molecule has 0 radical (unpaired) electrons. The van der Waals surface area contributed by atoms with Crippen molar-refractivity contribution in [3.63, 3.8) is 0 Å². The third-order valence-corrected chi connectivity index (χ3v) is 2.02. The summed E-state index contributed by atoms with van der Waals surface area (Å²) in [5.41, 5.74) is 6.40. The Morgan fingerprint density at radius 3 is 3.00 bits per heavy atom. The van der Waals surface area contributed by atoms with Gasteiger partial charge in [-0.05, 0) is 35.3 Å². The molecule has 0 aliphatic rings. The first-order valence-corrected chi connectivity index (χ1v) is 4.28. The molecule has 11 heavy (non-hydrogen) atoms. The molecule has 0 saturated heterocycles. The van der Waals surface area contributed by atoms with E-state index in [0.29, 0.717) is 6.54 Å². The van der Waals surface area contributed by atoms with Crippen LogP contribution in [0.25, 0.3) is 0 Å². The Morgan fingerprint density at radius 1 is 1.55 bits per heavy atom. The molecule has 1 heterocycles. The van der Waals surface area contributed by atoms with Crippen LogP contribution in [0.4, 0.5) is 0 Å². The van der Waals surface area contributed by atoms with E-state index < -0.39 is 0 Å². The van der Waals surface area contributed by atoms with Crippen LogP contribution < -0.4 is 5.73 Å². The van der Waals surface area contributed by atoms with Gasteiger partial charge in [0.15, 0.2) is 0 Å². The van der Waals surface area contributed by atoms with E-state index in [9.17, 15) is 0 Å². The molecule has 2 N–H and O–H groups in total. The Hall–Kier alpha value is -0.480. The smallest absolute Gasteiger partial charge is 0.115 e. The van der Waals surface area contributed by atoms with Crippen LogP contribution in [0.5, 0.6) is 0 Å². The second kappa shape index (κ2) is 4.41. The lowest BCUT2D eigenvalue weighted by atomic mass is 10.2. The molecule has 3 nitrogen and oxygen atoms in total. The summed E-state index contributed by atoms with van der Waals surface area (Å²) in [6, 6.07) is 0. The van der Waals surface area contributed by atoms with Crippen molar-refractivity contribution >= 4 is 15.9 Å². The summed E-state index contributed by atoms with van der Waals surface area (Å²) in [4.78, 5) is 7.97. The Labute approximate surface area is 74.2 Å². The summed E-state index contributed by atoms with van der Waals surface area (Å²) in [6.07, 6.45) is 5.19. The van der Waals surface area contributed by atoms with Crippen molar-refractivity contribution in [3.05, 3.63) is 22.7 Å². The number of rotatable bonds is 3. The Bertz CT molecular complexity index is 227. The van der Waals surface area contributed by atoms with Gasteiger partial charge in [0.05, 0.1) is 10.2 Å². The van der Waals surface area contributed by atoms with E-state index in [1.807, 2.05) is 0 Å². The molecule has 0 spiro atoms. The second-order valence-electron chi connectivity index (χ2n) is 2.21. The molecule has 0 bridgehead atoms. The SMILES string of the molecule is NCCCc1ncncc1Br. The van der Waals surface area contributed by atoms with Gasteiger partial charge in [-0.25, -0.2) is 9.97 Å². The van der Waals surface area contributed by atoms with Gasteiger partial charge in [0.2, 0.25) is 0 Å². The molecule has 4 heteroatoms. The minimum absolute atomic E-state index is 0.705. The van der Waals surface area contributed by atoms with Crippen molar-refractivity contribution in [1.29, 1.82) is 0 Å². The number of nitrogens with two attached hydrogens (primary N) is 1. The average Bonchev–Trinajstić information content (AvgIpc) is 2.03. The van der Waals surface area contributed by atoms with Gasteiger partial charge in [-0.1, -0.05) is 0 Å². The van der Waals surface area contributed by atoms with Crippen molar-refractivity contribution in [3.8, 4) is 0 Å². The number of nitrogens with zero attached hydrogens (tertiary/aromatic N) is 2. The van der Waals surface area contributed by atoms with Gasteiger partial charge >= 0.3 is 0 Å². The van der Waals surface area contributed by atoms with E-state index in [1.54, 1.807) is 12.5 Å². The Balaban J connectivity index is 2.62. The van der Waals surface area contributed by atoms with Crippen LogP contribution in [0.3, 0.4) is 0 Å². The predicted molar refractivity (Wildman–Crippen MR) is 47.1 cm³/mol. The van der Waals surface area contributed by atoms with Crippen LogP contribution in [0.1, 0.15) is 12.1 Å². The molecule has 0 amide bonds. The molecule has 0 atom stereocenters. The Kier molecular flexibility index (Phi) is 3.45. The molecule has 60 valence electrons. The number of hydrogen-bond acceptors (Lipinski definition) is 3. The van der Waals surface area contributed by atoms with Crippen LogP contribution >= 0.6 is 15.9 Å². The van der Waals surface area contributed by atoms with Crippen LogP contribution in [-0.4, -0.2) is 16.5 Å². The molecule has 1 aromatic heterocycles. The summed E-state index contributed by atoms with van der Waals surface area (Å²) in [7, 11) is 0. The van der Waals surface area contributed by atoms with Crippen LogP contribution in [0, 0.1) is 0 Å². The number of aryl methyl sites for hydroxylation is 1. The zero-order chi connectivity index (χ0) is 8.10. The molecule has 0 aliphatic heterocycles. The zero-order valence-electron chi connectivity index (χ0n) is 6.13. The lowest BCUT2D eigenvalue weighted by Crippen LogP contribution is -2.02. The number of hydrogen-bond donors (Lipinski definition) is 1. The highest BCUT2D eigenvalue weighted by Crippen LogP contribution is 2.12. The Morgan fingerprint density at radius 2 is 2.36 bits per heavy atom. The van der Waals surface area contributed by atoms with Gasteiger partial charge in [-0.3, -0.25) is 0 Å². The van der Waals surface area contributed by atoms with Crippen LogP contribution in [0.15, 0.2) is 17.0 Å². The summed E-state index contributed by atoms with van der Waals surface area (Å²) in [6.45, 7) is 0.705. The minimum atomic E-state index is 0.705. The minimum Gasteiger partial charge on any atom is -0.330 e. The van der Waals surface area contributed by atoms with E-state index in [1.165, 1.54) is 0 Å². The molecule has 0 fully saturated rings. The van der Waals surface area contributed by atoms with Gasteiger partial charge in [0.1, 0.15) is 6.33 Å². The summed E-state index contributed by atoms with van der Waals surface area (Å²) in [5, 5.41) is 0. The standard InChI is InChI=1S/C7H10BrN3/c8-6-4-10-5-11-7(6)2-1-3-9/h4-5H,1-3,9H2. The maximum atomic E-state index is 5.37. The van der Waals surface area contributed by atoms with E-state index in [4.69, 9.17) is 5.73 Å². The lowest BCUT2D eigenvalue weighted by molar-refractivity contribution is 0.801. The maximum absolute atomic E-state index is 5.37. The van der Waals surface area contributed by atoms with E-state index in [2.05, 4.69) is 25.9 Å². The van der Waals surface area contributed by atoms with Crippen molar-refractivity contribution in [2.75, 3.05) is 6.54 Å². The third kappa shape index (κ3) is 2.55. The van der Waals surface area contributed by atoms with Crippen LogP contribution in [-0.2, 0) is 6.42 Å². The third-order valence-electron chi connectivity index (χ3n) is 1.36. The molecule has 1 aromatic rings. The topological polar surface area (TPSA) is 51.8 Å². The largest absolute Gasteiger partial charge is 0.330 e. The maximum Gasteiger partial charge on any atom is 0.115 e. The first-order chi connectivity index (χ1) is 5.34. The first kappa shape index (κ1) is 8.62. The highest BCUT2D eigenvalue weighted by molar-refractivity contribution is 9.10. The molecule has 0 aromatic carbocycles. The van der Waals surface area contributed by atoms with E-state index in [-0.39, 0.29) is 0 Å². The molecule has 0 aliphatic carbocycles. The first-order valence-electron chi connectivity index (χ1n) is 3.49. The molecule has 0 unspecified atom stereocenters. The second-order valence-corrected chi connectivity index (χ2v) is 3.06. The lowest BCUT2D eigenvalue weighted by Gasteiger charge is -1.99. The summed E-state index contributed by atoms with van der Waals surface area (Å²) >= 11 is 3.36. The molecular weight excluding hydrogens is 206 g/mol. The fraction of sp³-hybridized carbons (Fsp3) is 0.429. The normalized spacial score (nSPS) is 10.0. The van der Waals surface area contributed by atoms with E-state index >= 15 is 0 Å². The zero-order valence-corrected chi connectivity index (χ0v) is 7.71. The monoisotopic (exact) mass is 215 g/mol. The molecular formula is C7H10BrN3. The van der Waals surface area contributed by atoms with Gasteiger partial charge in [-0.15, -0.1) is 0 Å². The molecule has 0 saturated carbocycles. The summed E-state index contributed by atoms with van der Waals surface area (Å²) < 4.78 is 0.966. The van der Waals surface area contributed by atoms with Crippen molar-refractivity contribution in [1.82, 2.24) is 9.97 Å². The van der Waals surface area contributed by atoms with Crippen molar-refractivity contribution < 1.29 is 0 Å².